The van der Waals surface area contributed by atoms with Gasteiger partial charge in [-0.3, -0.25) is 0 Å². The van der Waals surface area contributed by atoms with Gasteiger partial charge in [0, 0.05) is 6.04 Å². The molecule has 0 amide bonds. The van der Waals surface area contributed by atoms with E-state index in [-0.39, 0.29) is 0 Å². The van der Waals surface area contributed by atoms with Gasteiger partial charge in [0.25, 0.3) is 0 Å². The molecule has 64 valence electrons. The fraction of sp³-hybridized carbons (Fsp3) is 1.00. The third kappa shape index (κ3) is 1.96. The smallest absolute Gasteiger partial charge is 0.00671 e. The molecule has 0 aromatic rings. The highest BCUT2D eigenvalue weighted by Crippen LogP contribution is 2.26. The molecule has 0 spiro atoms. The van der Waals surface area contributed by atoms with E-state index in [1.807, 2.05) is 0 Å². The molecule has 0 heterocycles. The second kappa shape index (κ2) is 3.57. The van der Waals surface area contributed by atoms with Crippen molar-refractivity contribution < 1.29 is 0 Å². The Hall–Kier alpha value is -0.0400. The quantitative estimate of drug-likeness (QED) is 0.656. The third-order valence-electron chi connectivity index (χ3n) is 3.28. The molecule has 1 nitrogen and oxygen atoms in total. The first-order valence-corrected chi connectivity index (χ1v) is 5.18. The first kappa shape index (κ1) is 7.60. The standard InChI is InChI=1S/C10H19N/c1-2-7-10(6-1)11-8-9-4-3-5-9/h9-11H,1-8H2. The molecule has 1 N–H and O–H groups in total. The van der Waals surface area contributed by atoms with Gasteiger partial charge in [-0.15, -0.1) is 0 Å². The molecule has 0 aromatic heterocycles. The highest BCUT2D eigenvalue weighted by molar-refractivity contribution is 4.78. The van der Waals surface area contributed by atoms with E-state index < -0.39 is 0 Å². The lowest BCUT2D eigenvalue weighted by atomic mass is 9.85. The lowest BCUT2D eigenvalue weighted by Gasteiger charge is -2.27. The van der Waals surface area contributed by atoms with Crippen LogP contribution in [0.1, 0.15) is 44.9 Å². The van der Waals surface area contributed by atoms with Crippen LogP contribution in [0.25, 0.3) is 0 Å². The van der Waals surface area contributed by atoms with E-state index in [1.54, 1.807) is 0 Å². The topological polar surface area (TPSA) is 12.0 Å². The monoisotopic (exact) mass is 153 g/mol. The number of nitrogens with one attached hydrogen (secondary N) is 1. The average molecular weight is 153 g/mol. The molecule has 0 atom stereocenters. The lowest BCUT2D eigenvalue weighted by molar-refractivity contribution is 0.289. The van der Waals surface area contributed by atoms with Crippen LogP contribution in [0.5, 0.6) is 0 Å². The Balaban J connectivity index is 1.57. The van der Waals surface area contributed by atoms with Gasteiger partial charge in [-0.1, -0.05) is 19.3 Å². The molecule has 2 rings (SSSR count). The zero-order valence-electron chi connectivity index (χ0n) is 7.31. The first-order chi connectivity index (χ1) is 5.45. The van der Waals surface area contributed by atoms with E-state index in [2.05, 4.69) is 5.32 Å². The molecule has 0 bridgehead atoms. The van der Waals surface area contributed by atoms with Gasteiger partial charge < -0.3 is 5.32 Å². The van der Waals surface area contributed by atoms with Crippen molar-refractivity contribution in [1.82, 2.24) is 5.32 Å². The van der Waals surface area contributed by atoms with Crippen LogP contribution >= 0.6 is 0 Å². The van der Waals surface area contributed by atoms with Gasteiger partial charge in [0.1, 0.15) is 0 Å². The van der Waals surface area contributed by atoms with Crippen molar-refractivity contribution in [3.63, 3.8) is 0 Å². The molecular weight excluding hydrogens is 134 g/mol. The van der Waals surface area contributed by atoms with E-state index in [0.29, 0.717) is 0 Å². The predicted molar refractivity (Wildman–Crippen MR) is 47.6 cm³/mol. The van der Waals surface area contributed by atoms with Crippen LogP contribution in [0.4, 0.5) is 0 Å². The second-order valence-electron chi connectivity index (χ2n) is 4.19. The average Bonchev–Trinajstić information content (AvgIpc) is 2.36. The van der Waals surface area contributed by atoms with Crippen molar-refractivity contribution in [1.29, 1.82) is 0 Å². The fourth-order valence-electron chi connectivity index (χ4n) is 2.16. The molecule has 2 aliphatic rings. The minimum absolute atomic E-state index is 0.885. The molecular formula is C10H19N. The Morgan fingerprint density at radius 3 is 2.18 bits per heavy atom. The van der Waals surface area contributed by atoms with Crippen molar-refractivity contribution in [3.8, 4) is 0 Å². The lowest BCUT2D eigenvalue weighted by Crippen LogP contribution is -2.33. The van der Waals surface area contributed by atoms with E-state index in [4.69, 9.17) is 0 Å². The summed E-state index contributed by atoms with van der Waals surface area (Å²) in [6.07, 6.45) is 10.3. The van der Waals surface area contributed by atoms with Crippen molar-refractivity contribution in [3.05, 3.63) is 0 Å². The van der Waals surface area contributed by atoms with Crippen LogP contribution in [-0.4, -0.2) is 12.6 Å². The first-order valence-electron chi connectivity index (χ1n) is 5.18. The highest BCUT2D eigenvalue weighted by atomic mass is 14.9. The summed E-state index contributed by atoms with van der Waals surface area (Å²) in [6, 6.07) is 0.885. The number of hydrogen-bond donors (Lipinski definition) is 1. The SMILES string of the molecule is C1CC(CNC2CCCC2)C1. The van der Waals surface area contributed by atoms with Gasteiger partial charge in [0.15, 0.2) is 0 Å². The van der Waals surface area contributed by atoms with Gasteiger partial charge in [-0.05, 0) is 38.1 Å². The summed E-state index contributed by atoms with van der Waals surface area (Å²) >= 11 is 0. The molecule has 0 aromatic carbocycles. The van der Waals surface area contributed by atoms with Crippen LogP contribution < -0.4 is 5.32 Å². The summed E-state index contributed by atoms with van der Waals surface area (Å²) in [5.74, 6) is 1.04. The van der Waals surface area contributed by atoms with Crippen LogP contribution in [-0.2, 0) is 0 Å². The maximum Gasteiger partial charge on any atom is 0.00671 e. The predicted octanol–water partition coefficient (Wildman–Crippen LogP) is 2.32. The molecule has 1 heteroatoms. The maximum atomic E-state index is 3.68. The molecule has 0 aliphatic heterocycles. The van der Waals surface area contributed by atoms with Gasteiger partial charge in [0.2, 0.25) is 0 Å². The molecule has 0 saturated heterocycles. The van der Waals surface area contributed by atoms with E-state index >= 15 is 0 Å². The Kier molecular flexibility index (Phi) is 2.47. The molecule has 2 saturated carbocycles. The van der Waals surface area contributed by atoms with Crippen molar-refractivity contribution in [2.24, 2.45) is 5.92 Å². The van der Waals surface area contributed by atoms with Gasteiger partial charge in [-0.2, -0.15) is 0 Å². The minimum Gasteiger partial charge on any atom is -0.314 e. The number of rotatable bonds is 3. The summed E-state index contributed by atoms with van der Waals surface area (Å²) in [5, 5.41) is 3.68. The zero-order valence-corrected chi connectivity index (χ0v) is 7.31. The Bertz CT molecular complexity index is 112. The summed E-state index contributed by atoms with van der Waals surface area (Å²) in [7, 11) is 0. The van der Waals surface area contributed by atoms with Crippen LogP contribution in [0.3, 0.4) is 0 Å². The number of hydrogen-bond acceptors (Lipinski definition) is 1. The van der Waals surface area contributed by atoms with Gasteiger partial charge in [-0.25, -0.2) is 0 Å². The van der Waals surface area contributed by atoms with Crippen molar-refractivity contribution >= 4 is 0 Å². The largest absolute Gasteiger partial charge is 0.314 e. The Morgan fingerprint density at radius 2 is 1.64 bits per heavy atom. The summed E-state index contributed by atoms with van der Waals surface area (Å²) in [6.45, 7) is 1.31. The van der Waals surface area contributed by atoms with Crippen molar-refractivity contribution in [2.45, 2.75) is 51.0 Å². The summed E-state index contributed by atoms with van der Waals surface area (Å²) in [4.78, 5) is 0. The van der Waals surface area contributed by atoms with Gasteiger partial charge in [0.05, 0.1) is 0 Å². The Morgan fingerprint density at radius 1 is 0.909 bits per heavy atom. The van der Waals surface area contributed by atoms with Crippen LogP contribution in [0.15, 0.2) is 0 Å². The normalized spacial score (nSPS) is 27.3. The molecule has 2 aliphatic carbocycles. The zero-order chi connectivity index (χ0) is 7.52. The molecule has 0 radical (unpaired) electrons. The van der Waals surface area contributed by atoms with Crippen molar-refractivity contribution in [2.75, 3.05) is 6.54 Å². The molecule has 2 fully saturated rings. The van der Waals surface area contributed by atoms with E-state index in [0.717, 1.165) is 12.0 Å². The van der Waals surface area contributed by atoms with Crippen LogP contribution in [0.2, 0.25) is 0 Å². The third-order valence-corrected chi connectivity index (χ3v) is 3.28. The second-order valence-corrected chi connectivity index (χ2v) is 4.19. The summed E-state index contributed by atoms with van der Waals surface area (Å²) < 4.78 is 0. The van der Waals surface area contributed by atoms with E-state index in [9.17, 15) is 0 Å². The van der Waals surface area contributed by atoms with E-state index in [1.165, 1.54) is 51.5 Å². The molecule has 11 heavy (non-hydrogen) atoms. The maximum absolute atomic E-state index is 3.68. The Labute approximate surface area is 69.6 Å². The highest BCUT2D eigenvalue weighted by Gasteiger charge is 2.20. The van der Waals surface area contributed by atoms with Crippen LogP contribution in [0, 0.1) is 5.92 Å². The summed E-state index contributed by atoms with van der Waals surface area (Å²) in [5.41, 5.74) is 0. The fourth-order valence-corrected chi connectivity index (χ4v) is 2.16. The molecule has 0 unspecified atom stereocenters. The minimum atomic E-state index is 0.885. The van der Waals surface area contributed by atoms with Gasteiger partial charge >= 0.3 is 0 Å².